The largest absolute Gasteiger partial charge is 0.330 e. The minimum atomic E-state index is -0.427. The van der Waals surface area contributed by atoms with E-state index in [-0.39, 0.29) is 29.6 Å². The van der Waals surface area contributed by atoms with Gasteiger partial charge in [-0.05, 0) is 56.0 Å². The van der Waals surface area contributed by atoms with Crippen LogP contribution in [0.5, 0.6) is 0 Å². The van der Waals surface area contributed by atoms with Gasteiger partial charge in [-0.1, -0.05) is 25.3 Å². The maximum Gasteiger partial charge on any atom is 0.248 e. The summed E-state index contributed by atoms with van der Waals surface area (Å²) in [6, 6.07) is 8.54. The van der Waals surface area contributed by atoms with E-state index in [1.54, 1.807) is 42.2 Å². The molecule has 1 aromatic heterocycles. The van der Waals surface area contributed by atoms with Crippen LogP contribution in [0.2, 0.25) is 0 Å². The van der Waals surface area contributed by atoms with E-state index in [1.165, 1.54) is 6.42 Å². The molecule has 2 amide bonds. The van der Waals surface area contributed by atoms with Gasteiger partial charge in [0.15, 0.2) is 0 Å². The van der Waals surface area contributed by atoms with Gasteiger partial charge in [-0.2, -0.15) is 5.10 Å². The van der Waals surface area contributed by atoms with Crippen LogP contribution in [0.15, 0.2) is 42.7 Å². The van der Waals surface area contributed by atoms with Gasteiger partial charge < -0.3 is 16.4 Å². The van der Waals surface area contributed by atoms with Gasteiger partial charge in [0.25, 0.3) is 0 Å². The average molecular weight is 420 g/mol. The normalized spacial score (nSPS) is 16.3. The fourth-order valence-corrected chi connectivity index (χ4v) is 3.85. The number of rotatable bonds is 7. The third-order valence-electron chi connectivity index (χ3n) is 5.60. The highest BCUT2D eigenvalue weighted by Crippen LogP contribution is 2.38. The predicted octanol–water partition coefficient (Wildman–Crippen LogP) is 3.74. The first-order valence-electron chi connectivity index (χ1n) is 9.91. The Morgan fingerprint density at radius 2 is 1.86 bits per heavy atom. The average Bonchev–Trinajstić information content (AvgIpc) is 3.23. The Morgan fingerprint density at radius 3 is 2.48 bits per heavy atom. The number of amides is 2. The lowest BCUT2D eigenvalue weighted by Crippen LogP contribution is -2.36. The number of hydrogen-bond acceptors (Lipinski definition) is 4. The number of hydrogen-bond donors (Lipinski definition) is 3. The molecule has 7 nitrogen and oxygen atoms in total. The number of aromatic nitrogens is 2. The molecular formula is C21H30ClN5O2. The van der Waals surface area contributed by atoms with E-state index in [0.29, 0.717) is 24.3 Å². The minimum absolute atomic E-state index is 0. The minimum Gasteiger partial charge on any atom is -0.330 e. The Bertz CT molecular complexity index is 803. The van der Waals surface area contributed by atoms with Gasteiger partial charge in [-0.3, -0.25) is 14.3 Å². The summed E-state index contributed by atoms with van der Waals surface area (Å²) >= 11 is 0. The molecule has 2 aromatic rings. The lowest BCUT2D eigenvalue weighted by Gasteiger charge is -2.35. The van der Waals surface area contributed by atoms with Gasteiger partial charge in [0.2, 0.25) is 11.8 Å². The molecule has 1 unspecified atom stereocenters. The van der Waals surface area contributed by atoms with Gasteiger partial charge in [-0.25, -0.2) is 0 Å². The van der Waals surface area contributed by atoms with Crippen LogP contribution < -0.4 is 16.4 Å². The Kier molecular flexibility index (Phi) is 8.22. The smallest absolute Gasteiger partial charge is 0.248 e. The Morgan fingerprint density at radius 1 is 1.17 bits per heavy atom. The van der Waals surface area contributed by atoms with Crippen molar-refractivity contribution in [2.45, 2.75) is 51.5 Å². The lowest BCUT2D eigenvalue weighted by atomic mass is 9.71. The number of nitrogens with two attached hydrogens (primary N) is 1. The van der Waals surface area contributed by atoms with Crippen LogP contribution in [0.25, 0.3) is 0 Å². The van der Waals surface area contributed by atoms with E-state index >= 15 is 0 Å². The summed E-state index contributed by atoms with van der Waals surface area (Å²) in [5.41, 5.74) is 7.21. The van der Waals surface area contributed by atoms with Crippen molar-refractivity contribution in [2.75, 3.05) is 17.2 Å². The van der Waals surface area contributed by atoms with Crippen molar-refractivity contribution in [2.24, 2.45) is 11.1 Å². The van der Waals surface area contributed by atoms with Gasteiger partial charge in [0, 0.05) is 30.2 Å². The first-order chi connectivity index (χ1) is 13.5. The SMILES string of the molecule is CC(C(=O)Nc1cccc(NC(=O)CC2(CN)CCCCC2)c1)n1cccn1.Cl. The summed E-state index contributed by atoms with van der Waals surface area (Å²) in [6.07, 6.45) is 9.36. The summed E-state index contributed by atoms with van der Waals surface area (Å²) in [4.78, 5) is 25.0. The summed E-state index contributed by atoms with van der Waals surface area (Å²) in [7, 11) is 0. The number of anilines is 2. The van der Waals surface area contributed by atoms with Crippen LogP contribution in [0, 0.1) is 5.41 Å². The maximum absolute atomic E-state index is 12.6. The van der Waals surface area contributed by atoms with Crippen LogP contribution in [0.4, 0.5) is 11.4 Å². The molecule has 4 N–H and O–H groups in total. The molecule has 1 aliphatic carbocycles. The molecule has 1 atom stereocenters. The molecule has 1 aromatic carbocycles. The van der Waals surface area contributed by atoms with Gasteiger partial charge >= 0.3 is 0 Å². The van der Waals surface area contributed by atoms with Gasteiger partial charge in [0.1, 0.15) is 6.04 Å². The summed E-state index contributed by atoms with van der Waals surface area (Å²) in [5, 5.41) is 9.92. The zero-order valence-electron chi connectivity index (χ0n) is 16.8. The first-order valence-corrected chi connectivity index (χ1v) is 9.91. The van der Waals surface area contributed by atoms with Crippen molar-refractivity contribution in [1.82, 2.24) is 9.78 Å². The molecular weight excluding hydrogens is 390 g/mol. The molecule has 158 valence electrons. The summed E-state index contributed by atoms with van der Waals surface area (Å²) in [5.74, 6) is -0.197. The highest BCUT2D eigenvalue weighted by atomic mass is 35.5. The number of nitrogens with zero attached hydrogens (tertiary/aromatic N) is 2. The zero-order valence-corrected chi connectivity index (χ0v) is 17.6. The maximum atomic E-state index is 12.6. The number of benzene rings is 1. The van der Waals surface area contributed by atoms with Crippen LogP contribution >= 0.6 is 12.4 Å². The van der Waals surface area contributed by atoms with Gasteiger partial charge in [0.05, 0.1) is 0 Å². The topological polar surface area (TPSA) is 102 Å². The molecule has 0 bridgehead atoms. The van der Waals surface area contributed by atoms with E-state index in [1.807, 2.05) is 12.1 Å². The Labute approximate surface area is 177 Å². The van der Waals surface area contributed by atoms with E-state index in [9.17, 15) is 9.59 Å². The van der Waals surface area contributed by atoms with Crippen molar-refractivity contribution in [3.63, 3.8) is 0 Å². The monoisotopic (exact) mass is 419 g/mol. The van der Waals surface area contributed by atoms with E-state index in [4.69, 9.17) is 5.73 Å². The molecule has 0 saturated heterocycles. The second-order valence-electron chi connectivity index (χ2n) is 7.72. The predicted molar refractivity (Wildman–Crippen MR) is 117 cm³/mol. The van der Waals surface area contributed by atoms with E-state index in [2.05, 4.69) is 15.7 Å². The number of carbonyl (C=O) groups excluding carboxylic acids is 2. The van der Waals surface area contributed by atoms with E-state index in [0.717, 1.165) is 25.7 Å². The fraction of sp³-hybridized carbons (Fsp3) is 0.476. The summed E-state index contributed by atoms with van der Waals surface area (Å²) in [6.45, 7) is 2.33. The Balaban J connectivity index is 0.00000300. The molecule has 8 heteroatoms. The van der Waals surface area contributed by atoms with Crippen LogP contribution in [-0.4, -0.2) is 28.1 Å². The van der Waals surface area contributed by atoms with E-state index < -0.39 is 6.04 Å². The zero-order chi connectivity index (χ0) is 20.0. The highest BCUT2D eigenvalue weighted by molar-refractivity contribution is 5.95. The number of carbonyl (C=O) groups is 2. The quantitative estimate of drug-likeness (QED) is 0.636. The van der Waals surface area contributed by atoms with Crippen LogP contribution in [0.3, 0.4) is 0 Å². The number of halogens is 1. The highest BCUT2D eigenvalue weighted by Gasteiger charge is 2.33. The first kappa shape index (κ1) is 22.9. The number of nitrogens with one attached hydrogen (secondary N) is 2. The van der Waals surface area contributed by atoms with Crippen molar-refractivity contribution in [1.29, 1.82) is 0 Å². The third-order valence-corrected chi connectivity index (χ3v) is 5.60. The fourth-order valence-electron chi connectivity index (χ4n) is 3.85. The van der Waals surface area contributed by atoms with Gasteiger partial charge in [-0.15, -0.1) is 12.4 Å². The van der Waals surface area contributed by atoms with Crippen LogP contribution in [-0.2, 0) is 9.59 Å². The lowest BCUT2D eigenvalue weighted by molar-refractivity contribution is -0.119. The van der Waals surface area contributed by atoms with Crippen LogP contribution in [0.1, 0.15) is 51.5 Å². The molecule has 1 aliphatic rings. The molecule has 29 heavy (non-hydrogen) atoms. The summed E-state index contributed by atoms with van der Waals surface area (Å²) < 4.78 is 1.59. The second kappa shape index (κ2) is 10.4. The van der Waals surface area contributed by atoms with Crippen molar-refractivity contribution in [3.05, 3.63) is 42.7 Å². The molecule has 0 radical (unpaired) electrons. The van der Waals surface area contributed by atoms with Crippen molar-refractivity contribution in [3.8, 4) is 0 Å². The second-order valence-corrected chi connectivity index (χ2v) is 7.72. The molecule has 1 heterocycles. The standard InChI is InChI=1S/C21H29N5O2.ClH/c1-16(26-12-6-11-23-26)20(28)25-18-8-5-7-17(13-18)24-19(27)14-21(15-22)9-3-2-4-10-21;/h5-8,11-13,16H,2-4,9-10,14-15,22H2,1H3,(H,24,27)(H,25,28);1H. The van der Waals surface area contributed by atoms with Crippen molar-refractivity contribution < 1.29 is 9.59 Å². The third kappa shape index (κ3) is 6.05. The molecule has 1 saturated carbocycles. The Hall–Kier alpha value is -2.38. The molecule has 0 spiro atoms. The molecule has 1 fully saturated rings. The molecule has 3 rings (SSSR count). The molecule has 0 aliphatic heterocycles. The van der Waals surface area contributed by atoms with Crippen molar-refractivity contribution >= 4 is 35.6 Å².